The van der Waals surface area contributed by atoms with E-state index in [1.165, 1.54) is 0 Å². The Morgan fingerprint density at radius 2 is 1.10 bits per heavy atom. The molecule has 7 aromatic rings. The second-order valence-corrected chi connectivity index (χ2v) is 20.0. The van der Waals surface area contributed by atoms with Crippen molar-refractivity contribution >= 4 is 35.7 Å². The van der Waals surface area contributed by atoms with E-state index in [1.54, 1.807) is 21.3 Å². The molecule has 0 aromatic heterocycles. The normalized spacial score (nSPS) is 11.6. The molecule has 0 radical (unpaired) electrons. The number of hydrogen-bond acceptors (Lipinski definition) is 8. The molecule has 0 atom stereocenters. The Balaban J connectivity index is 1.50. The predicted octanol–water partition coefficient (Wildman–Crippen LogP) is 10.6. The number of fused-ring (bicyclic) bond motifs is 1. The number of aldehydes is 1. The number of ether oxygens (including phenoxy) is 6. The zero-order valence-corrected chi connectivity index (χ0v) is 36.6. The van der Waals surface area contributed by atoms with Gasteiger partial charge in [0.05, 0.1) is 31.8 Å². The lowest BCUT2D eigenvalue weighted by Gasteiger charge is -2.43. The molecule has 0 saturated carbocycles. The van der Waals surface area contributed by atoms with E-state index in [2.05, 4.69) is 69.3 Å². The summed E-state index contributed by atoms with van der Waals surface area (Å²) >= 11 is 0. The first kappa shape index (κ1) is 42.7. The second-order valence-electron chi connectivity index (χ2n) is 15.7. The van der Waals surface area contributed by atoms with Crippen molar-refractivity contribution in [1.82, 2.24) is 0 Å². The highest BCUT2D eigenvalue weighted by molar-refractivity contribution is 6.99. The van der Waals surface area contributed by atoms with Crippen LogP contribution < -0.4 is 34.1 Å². The largest absolute Gasteiger partial charge is 0.495 e. The minimum atomic E-state index is -3.09. The Morgan fingerprint density at radius 3 is 1.61 bits per heavy atom. The van der Waals surface area contributed by atoms with Crippen LogP contribution in [0.25, 0.3) is 21.9 Å². The standard InChI is InChI=1S/C52H52O8Si/c1-52(2,3)61(41-24-15-9-16-25-41,42-26-17-10-18-27-42)60-35-39-30-40(59-36-54-4)31-46(58-34-38-22-13-8-14-23-38)47(39)49-44(32-53)51(56-6)48-43(50(49)55-5)28-19-29-45(48)57-33-37-20-11-7-12-21-37/h7-32H,33-36H2,1-6H3. The summed E-state index contributed by atoms with van der Waals surface area (Å²) in [5.74, 6) is 2.30. The third-order valence-corrected chi connectivity index (χ3v) is 15.8. The summed E-state index contributed by atoms with van der Waals surface area (Å²) in [5, 5.41) is 3.24. The minimum Gasteiger partial charge on any atom is -0.495 e. The number of hydrogen-bond donors (Lipinski definition) is 0. The Labute approximate surface area is 359 Å². The first-order valence-corrected chi connectivity index (χ1v) is 22.2. The van der Waals surface area contributed by atoms with Gasteiger partial charge in [0.25, 0.3) is 8.32 Å². The van der Waals surface area contributed by atoms with Crippen LogP contribution in [0.4, 0.5) is 0 Å². The van der Waals surface area contributed by atoms with E-state index in [9.17, 15) is 4.79 Å². The van der Waals surface area contributed by atoms with Gasteiger partial charge in [-0.15, -0.1) is 0 Å². The van der Waals surface area contributed by atoms with Gasteiger partial charge in [0, 0.05) is 29.7 Å². The van der Waals surface area contributed by atoms with Crippen molar-refractivity contribution in [2.45, 2.75) is 45.6 Å². The maximum absolute atomic E-state index is 13.7. The molecule has 0 heterocycles. The minimum absolute atomic E-state index is 0.00490. The fraction of sp³-hybridized carbons (Fsp3) is 0.212. The summed E-state index contributed by atoms with van der Waals surface area (Å²) in [5.41, 5.74) is 4.03. The molecule has 0 spiro atoms. The fourth-order valence-corrected chi connectivity index (χ4v) is 12.7. The molecular formula is C52H52O8Si. The first-order chi connectivity index (χ1) is 29.7. The van der Waals surface area contributed by atoms with E-state index in [-0.39, 0.29) is 30.6 Å². The molecule has 0 N–H and O–H groups in total. The smallest absolute Gasteiger partial charge is 0.261 e. The Bertz CT molecular complexity index is 2500. The van der Waals surface area contributed by atoms with Crippen LogP contribution in [0, 0.1) is 0 Å². The van der Waals surface area contributed by atoms with Crippen molar-refractivity contribution in [1.29, 1.82) is 0 Å². The number of benzene rings is 7. The molecule has 7 rings (SSSR count). The van der Waals surface area contributed by atoms with E-state index in [4.69, 9.17) is 32.8 Å². The van der Waals surface area contributed by atoms with Crippen molar-refractivity contribution in [3.8, 4) is 39.9 Å². The van der Waals surface area contributed by atoms with Crippen molar-refractivity contribution in [2.75, 3.05) is 28.1 Å². The topological polar surface area (TPSA) is 81.7 Å². The average Bonchev–Trinajstić information content (AvgIpc) is 3.29. The number of carbonyl (C=O) groups is 1. The quantitative estimate of drug-likeness (QED) is 0.0480. The van der Waals surface area contributed by atoms with Gasteiger partial charge in [-0.2, -0.15) is 0 Å². The third kappa shape index (κ3) is 8.91. The summed E-state index contributed by atoms with van der Waals surface area (Å²) in [6.07, 6.45) is 0.813. The molecule has 312 valence electrons. The molecule has 0 bridgehead atoms. The maximum atomic E-state index is 13.7. The van der Waals surface area contributed by atoms with Crippen molar-refractivity contribution in [2.24, 2.45) is 0 Å². The molecule has 0 unspecified atom stereocenters. The molecular weight excluding hydrogens is 781 g/mol. The molecule has 0 saturated heterocycles. The molecule has 0 fully saturated rings. The van der Waals surface area contributed by atoms with Crippen LogP contribution in [0.1, 0.15) is 47.8 Å². The SMILES string of the molecule is COCOc1cc(CO[Si](c2ccccc2)(c2ccccc2)C(C)(C)C)c(-c2c(C=O)c(OC)c3c(OCc4ccccc4)cccc3c2OC)c(OCc2ccccc2)c1. The van der Waals surface area contributed by atoms with Crippen molar-refractivity contribution in [3.05, 3.63) is 174 Å². The fourth-order valence-electron chi connectivity index (χ4n) is 8.15. The third-order valence-electron chi connectivity index (χ3n) is 10.9. The molecule has 9 heteroatoms. The van der Waals surface area contributed by atoms with Crippen LogP contribution in [0.3, 0.4) is 0 Å². The molecule has 0 aliphatic heterocycles. The highest BCUT2D eigenvalue weighted by atomic mass is 28.4. The van der Waals surface area contributed by atoms with Gasteiger partial charge in [0.2, 0.25) is 0 Å². The highest BCUT2D eigenvalue weighted by Gasteiger charge is 2.50. The Hall–Kier alpha value is -6.39. The lowest BCUT2D eigenvalue weighted by Crippen LogP contribution is -2.66. The number of carbonyl (C=O) groups excluding carboxylic acids is 1. The van der Waals surface area contributed by atoms with E-state index < -0.39 is 8.32 Å². The van der Waals surface area contributed by atoms with Crippen LogP contribution >= 0.6 is 0 Å². The Kier molecular flexibility index (Phi) is 13.5. The van der Waals surface area contributed by atoms with Gasteiger partial charge in [0.1, 0.15) is 42.0 Å². The van der Waals surface area contributed by atoms with E-state index in [0.29, 0.717) is 62.8 Å². The zero-order valence-electron chi connectivity index (χ0n) is 35.6. The van der Waals surface area contributed by atoms with E-state index >= 15 is 0 Å². The van der Waals surface area contributed by atoms with Crippen LogP contribution in [0.15, 0.2) is 152 Å². The van der Waals surface area contributed by atoms with Crippen LogP contribution in [0.2, 0.25) is 5.04 Å². The summed E-state index contributed by atoms with van der Waals surface area (Å²) in [4.78, 5) is 13.7. The first-order valence-electron chi connectivity index (χ1n) is 20.3. The number of methoxy groups -OCH3 is 3. The van der Waals surface area contributed by atoms with Crippen molar-refractivity contribution in [3.63, 3.8) is 0 Å². The lowest BCUT2D eigenvalue weighted by molar-refractivity contribution is 0.0508. The van der Waals surface area contributed by atoms with Gasteiger partial charge < -0.3 is 32.8 Å². The molecule has 7 aromatic carbocycles. The summed E-state index contributed by atoms with van der Waals surface area (Å²) < 4.78 is 44.9. The van der Waals surface area contributed by atoms with Crippen LogP contribution in [-0.2, 0) is 29.0 Å². The van der Waals surface area contributed by atoms with Gasteiger partial charge in [-0.3, -0.25) is 4.79 Å². The van der Waals surface area contributed by atoms with E-state index in [0.717, 1.165) is 27.8 Å². The molecule has 61 heavy (non-hydrogen) atoms. The van der Waals surface area contributed by atoms with Crippen LogP contribution in [-0.4, -0.2) is 42.7 Å². The van der Waals surface area contributed by atoms with Gasteiger partial charge in [-0.1, -0.05) is 154 Å². The van der Waals surface area contributed by atoms with Gasteiger partial charge in [-0.05, 0) is 44.2 Å². The zero-order chi connectivity index (χ0) is 42.8. The second kappa shape index (κ2) is 19.3. The van der Waals surface area contributed by atoms with Crippen LogP contribution in [0.5, 0.6) is 28.7 Å². The monoisotopic (exact) mass is 832 g/mol. The average molecular weight is 833 g/mol. The lowest BCUT2D eigenvalue weighted by atomic mass is 9.89. The van der Waals surface area contributed by atoms with Gasteiger partial charge in [-0.25, -0.2) is 0 Å². The number of rotatable bonds is 18. The molecule has 0 aliphatic carbocycles. The van der Waals surface area contributed by atoms with Crippen molar-refractivity contribution < 1.29 is 37.6 Å². The highest BCUT2D eigenvalue weighted by Crippen LogP contribution is 2.52. The molecule has 0 amide bonds. The predicted molar refractivity (Wildman–Crippen MR) is 244 cm³/mol. The van der Waals surface area contributed by atoms with E-state index in [1.807, 2.05) is 103 Å². The summed E-state index contributed by atoms with van der Waals surface area (Å²) in [7, 11) is 1.66. The van der Waals surface area contributed by atoms with Gasteiger partial charge in [0.15, 0.2) is 13.1 Å². The molecule has 8 nitrogen and oxygen atoms in total. The summed E-state index contributed by atoms with van der Waals surface area (Å²) in [6.45, 7) is 7.40. The maximum Gasteiger partial charge on any atom is 0.261 e. The summed E-state index contributed by atoms with van der Waals surface area (Å²) in [6, 6.07) is 50.3. The van der Waals surface area contributed by atoms with Gasteiger partial charge >= 0.3 is 0 Å². The Morgan fingerprint density at radius 1 is 0.557 bits per heavy atom. The molecule has 0 aliphatic rings.